The number of hydrogen-bond acceptors (Lipinski definition) is 5. The number of benzene rings is 1. The van der Waals surface area contributed by atoms with Crippen LogP contribution in [0.2, 0.25) is 0 Å². The van der Waals surface area contributed by atoms with Gasteiger partial charge in [0, 0.05) is 13.1 Å². The topological polar surface area (TPSA) is 84.9 Å². The number of sulfonamides is 1. The average molecular weight is 413 g/mol. The number of aryl methyl sites for hydroxylation is 1. The summed E-state index contributed by atoms with van der Waals surface area (Å²) in [4.78, 5) is 12.8. The van der Waals surface area contributed by atoms with Crippen molar-refractivity contribution in [3.63, 3.8) is 0 Å². The SMILES string of the molecule is CCCS(=O)(=O)N1CCC[C@H](C(=O)N[C@@H](C)c2cc(OC)c(OC)cc2C)C1. The van der Waals surface area contributed by atoms with Crippen LogP contribution in [0.1, 0.15) is 50.3 Å². The van der Waals surface area contributed by atoms with Crippen LogP contribution < -0.4 is 14.8 Å². The van der Waals surface area contributed by atoms with Crippen LogP contribution in [0.5, 0.6) is 11.5 Å². The highest BCUT2D eigenvalue weighted by molar-refractivity contribution is 7.89. The molecule has 2 rings (SSSR count). The molecule has 158 valence electrons. The Morgan fingerprint density at radius 1 is 1.29 bits per heavy atom. The van der Waals surface area contributed by atoms with Crippen molar-refractivity contribution < 1.29 is 22.7 Å². The number of nitrogens with zero attached hydrogens (tertiary/aromatic N) is 1. The van der Waals surface area contributed by atoms with E-state index in [4.69, 9.17) is 9.47 Å². The second kappa shape index (κ2) is 9.60. The van der Waals surface area contributed by atoms with Gasteiger partial charge in [0.05, 0.1) is 31.9 Å². The van der Waals surface area contributed by atoms with Crippen molar-refractivity contribution in [2.24, 2.45) is 5.92 Å². The van der Waals surface area contributed by atoms with Crippen molar-refractivity contribution in [2.75, 3.05) is 33.1 Å². The number of amides is 1. The number of piperidine rings is 1. The minimum absolute atomic E-state index is 0.113. The maximum atomic E-state index is 12.8. The summed E-state index contributed by atoms with van der Waals surface area (Å²) < 4.78 is 36.8. The quantitative estimate of drug-likeness (QED) is 0.709. The molecule has 1 aromatic carbocycles. The van der Waals surface area contributed by atoms with Crippen molar-refractivity contribution in [1.82, 2.24) is 9.62 Å². The van der Waals surface area contributed by atoms with Gasteiger partial charge in [0.25, 0.3) is 0 Å². The van der Waals surface area contributed by atoms with Crippen molar-refractivity contribution in [3.8, 4) is 11.5 Å². The molecule has 1 saturated heterocycles. The Hall–Kier alpha value is -1.80. The lowest BCUT2D eigenvalue weighted by molar-refractivity contribution is -0.126. The molecule has 0 radical (unpaired) electrons. The van der Waals surface area contributed by atoms with E-state index in [1.165, 1.54) is 4.31 Å². The first-order chi connectivity index (χ1) is 13.2. The molecule has 2 atom stereocenters. The molecule has 0 bridgehead atoms. The smallest absolute Gasteiger partial charge is 0.224 e. The van der Waals surface area contributed by atoms with E-state index in [1.54, 1.807) is 14.2 Å². The van der Waals surface area contributed by atoms with E-state index >= 15 is 0 Å². The van der Waals surface area contributed by atoms with E-state index in [0.29, 0.717) is 37.3 Å². The first-order valence-electron chi connectivity index (χ1n) is 9.74. The van der Waals surface area contributed by atoms with Crippen molar-refractivity contribution in [1.29, 1.82) is 0 Å². The Labute approximate surface area is 168 Å². The fraction of sp³-hybridized carbons (Fsp3) is 0.650. The van der Waals surface area contributed by atoms with Crippen LogP contribution in [-0.2, 0) is 14.8 Å². The summed E-state index contributed by atoms with van der Waals surface area (Å²) >= 11 is 0. The van der Waals surface area contributed by atoms with Crippen LogP contribution >= 0.6 is 0 Å². The Kier molecular flexibility index (Phi) is 7.71. The second-order valence-corrected chi connectivity index (χ2v) is 9.40. The Morgan fingerprint density at radius 2 is 1.93 bits per heavy atom. The van der Waals surface area contributed by atoms with Gasteiger partial charge in [-0.1, -0.05) is 6.92 Å². The molecule has 28 heavy (non-hydrogen) atoms. The van der Waals surface area contributed by atoms with Crippen molar-refractivity contribution in [2.45, 2.75) is 46.1 Å². The van der Waals surface area contributed by atoms with Gasteiger partial charge in [0.2, 0.25) is 15.9 Å². The molecule has 1 heterocycles. The van der Waals surface area contributed by atoms with Gasteiger partial charge in [-0.15, -0.1) is 0 Å². The first kappa shape index (κ1) is 22.5. The predicted molar refractivity (Wildman–Crippen MR) is 109 cm³/mol. The molecule has 0 unspecified atom stereocenters. The van der Waals surface area contributed by atoms with E-state index < -0.39 is 10.0 Å². The summed E-state index contributed by atoms with van der Waals surface area (Å²) in [6, 6.07) is 3.53. The van der Waals surface area contributed by atoms with Crippen LogP contribution in [0.15, 0.2) is 12.1 Å². The number of ether oxygens (including phenoxy) is 2. The number of methoxy groups -OCH3 is 2. The molecule has 0 spiro atoms. The highest BCUT2D eigenvalue weighted by Gasteiger charge is 2.32. The van der Waals surface area contributed by atoms with Gasteiger partial charge in [-0.2, -0.15) is 0 Å². The van der Waals surface area contributed by atoms with Crippen LogP contribution in [0.3, 0.4) is 0 Å². The third-order valence-corrected chi connectivity index (χ3v) is 7.25. The van der Waals surface area contributed by atoms with Gasteiger partial charge >= 0.3 is 0 Å². The van der Waals surface area contributed by atoms with Crippen LogP contribution in [0.4, 0.5) is 0 Å². The summed E-state index contributed by atoms with van der Waals surface area (Å²) in [5.41, 5.74) is 1.93. The van der Waals surface area contributed by atoms with E-state index in [-0.39, 0.29) is 30.2 Å². The van der Waals surface area contributed by atoms with Gasteiger partial charge in [0.15, 0.2) is 11.5 Å². The van der Waals surface area contributed by atoms with Crippen LogP contribution in [-0.4, -0.2) is 51.7 Å². The zero-order chi connectivity index (χ0) is 20.9. The first-order valence-corrected chi connectivity index (χ1v) is 11.3. The van der Waals surface area contributed by atoms with E-state index in [1.807, 2.05) is 32.9 Å². The third-order valence-electron chi connectivity index (χ3n) is 5.21. The molecule has 0 aromatic heterocycles. The van der Waals surface area contributed by atoms with Gasteiger partial charge in [-0.05, 0) is 56.4 Å². The minimum atomic E-state index is -3.28. The van der Waals surface area contributed by atoms with Gasteiger partial charge < -0.3 is 14.8 Å². The fourth-order valence-corrected chi connectivity index (χ4v) is 5.26. The molecular formula is C20H32N2O5S. The molecule has 8 heteroatoms. The fourth-order valence-electron chi connectivity index (χ4n) is 3.67. The highest BCUT2D eigenvalue weighted by atomic mass is 32.2. The number of carbonyl (C=O) groups excluding carboxylic acids is 1. The number of hydrogen-bond donors (Lipinski definition) is 1. The number of rotatable bonds is 8. The molecule has 1 N–H and O–H groups in total. The van der Waals surface area contributed by atoms with Gasteiger partial charge in [-0.3, -0.25) is 4.79 Å². The number of nitrogens with one attached hydrogen (secondary N) is 1. The lowest BCUT2D eigenvalue weighted by Gasteiger charge is -2.32. The summed E-state index contributed by atoms with van der Waals surface area (Å²) in [5, 5.41) is 3.04. The van der Waals surface area contributed by atoms with Gasteiger partial charge in [0.1, 0.15) is 0 Å². The van der Waals surface area contributed by atoms with Crippen LogP contribution in [0.25, 0.3) is 0 Å². The summed E-state index contributed by atoms with van der Waals surface area (Å²) in [7, 11) is -0.117. The van der Waals surface area contributed by atoms with E-state index in [2.05, 4.69) is 5.32 Å². The summed E-state index contributed by atoms with van der Waals surface area (Å²) in [6.07, 6.45) is 1.97. The summed E-state index contributed by atoms with van der Waals surface area (Å²) in [5.74, 6) is 0.939. The Bertz CT molecular complexity index is 794. The molecule has 1 fully saturated rings. The van der Waals surface area contributed by atoms with E-state index in [9.17, 15) is 13.2 Å². The molecule has 1 aliphatic rings. The zero-order valence-corrected chi connectivity index (χ0v) is 18.3. The second-order valence-electron chi connectivity index (χ2n) is 7.31. The molecule has 1 aliphatic heterocycles. The third kappa shape index (κ3) is 5.17. The minimum Gasteiger partial charge on any atom is -0.493 e. The Morgan fingerprint density at radius 3 is 2.54 bits per heavy atom. The maximum absolute atomic E-state index is 12.8. The molecule has 7 nitrogen and oxygen atoms in total. The molecule has 1 aromatic rings. The number of carbonyl (C=O) groups is 1. The largest absolute Gasteiger partial charge is 0.493 e. The Balaban J connectivity index is 2.10. The summed E-state index contributed by atoms with van der Waals surface area (Å²) in [6.45, 7) is 6.47. The normalized spacial score (nSPS) is 19.1. The lowest BCUT2D eigenvalue weighted by atomic mass is 9.96. The average Bonchev–Trinajstić information content (AvgIpc) is 2.67. The standard InChI is InChI=1S/C20H32N2O5S/c1-6-10-28(24,25)22-9-7-8-16(13-22)20(23)21-15(3)17-12-19(27-5)18(26-4)11-14(17)2/h11-12,15-16H,6-10,13H2,1-5H3,(H,21,23)/t15-,16-/m0/s1. The maximum Gasteiger partial charge on any atom is 0.224 e. The lowest BCUT2D eigenvalue weighted by Crippen LogP contribution is -2.46. The zero-order valence-electron chi connectivity index (χ0n) is 17.4. The highest BCUT2D eigenvalue weighted by Crippen LogP contribution is 2.33. The molecular weight excluding hydrogens is 380 g/mol. The van der Waals surface area contributed by atoms with E-state index in [0.717, 1.165) is 11.1 Å². The molecule has 0 saturated carbocycles. The molecule has 0 aliphatic carbocycles. The van der Waals surface area contributed by atoms with Crippen LogP contribution in [0, 0.1) is 12.8 Å². The van der Waals surface area contributed by atoms with Crippen molar-refractivity contribution >= 4 is 15.9 Å². The van der Waals surface area contributed by atoms with Crippen molar-refractivity contribution in [3.05, 3.63) is 23.3 Å². The van der Waals surface area contributed by atoms with Gasteiger partial charge in [-0.25, -0.2) is 12.7 Å². The monoisotopic (exact) mass is 412 g/mol. The molecule has 1 amide bonds. The predicted octanol–water partition coefficient (Wildman–Crippen LogP) is 2.64.